The van der Waals surface area contributed by atoms with Crippen LogP contribution < -0.4 is 5.32 Å². The molecule has 0 heterocycles. The minimum Gasteiger partial charge on any atom is -0.356 e. The van der Waals surface area contributed by atoms with Gasteiger partial charge in [0.25, 0.3) is 0 Å². The Morgan fingerprint density at radius 1 is 1.27 bits per heavy atom. The molecule has 0 spiro atoms. The summed E-state index contributed by atoms with van der Waals surface area (Å²) in [5, 5.41) is 2.97. The number of amides is 1. The molecule has 1 unspecified atom stereocenters. The van der Waals surface area contributed by atoms with E-state index in [0.29, 0.717) is 0 Å². The monoisotopic (exact) mass is 233 g/mol. The Bertz CT molecular complexity index is 162. The molecule has 2 nitrogen and oxygen atoms in total. The zero-order valence-electron chi connectivity index (χ0n) is 10.0. The molecular weight excluding hydrogens is 210 g/mol. The topological polar surface area (TPSA) is 29.1 Å². The van der Waals surface area contributed by atoms with Gasteiger partial charge in [0, 0.05) is 18.3 Å². The van der Waals surface area contributed by atoms with Crippen molar-refractivity contribution >= 4 is 17.5 Å². The third-order valence-electron chi connectivity index (χ3n) is 2.53. The van der Waals surface area contributed by atoms with Crippen LogP contribution in [0.15, 0.2) is 0 Å². The van der Waals surface area contributed by atoms with E-state index in [2.05, 4.69) is 12.2 Å². The van der Waals surface area contributed by atoms with Crippen molar-refractivity contribution in [2.24, 2.45) is 5.92 Å². The average Bonchev–Trinajstić information content (AvgIpc) is 2.23. The first kappa shape index (κ1) is 14.8. The molecule has 1 amide bonds. The van der Waals surface area contributed by atoms with Gasteiger partial charge in [-0.1, -0.05) is 33.1 Å². The molecular formula is C12H24ClNO. The molecule has 0 aliphatic rings. The molecule has 90 valence electrons. The molecule has 0 radical (unpaired) electrons. The number of hydrogen-bond acceptors (Lipinski definition) is 1. The van der Waals surface area contributed by atoms with E-state index in [1.54, 1.807) is 0 Å². The van der Waals surface area contributed by atoms with Gasteiger partial charge in [0.2, 0.25) is 5.91 Å². The quantitative estimate of drug-likeness (QED) is 0.480. The summed E-state index contributed by atoms with van der Waals surface area (Å²) in [4.78, 5) is 11.5. The minimum atomic E-state index is 0.165. The lowest BCUT2D eigenvalue weighted by Gasteiger charge is -2.10. The van der Waals surface area contributed by atoms with Gasteiger partial charge in [0.1, 0.15) is 0 Å². The fourth-order valence-corrected chi connectivity index (χ4v) is 1.71. The maximum Gasteiger partial charge on any atom is 0.222 e. The molecule has 0 aliphatic carbocycles. The summed E-state index contributed by atoms with van der Waals surface area (Å²) in [6.07, 6.45) is 6.55. The highest BCUT2D eigenvalue weighted by atomic mass is 35.5. The van der Waals surface area contributed by atoms with E-state index < -0.39 is 0 Å². The second-order valence-electron chi connectivity index (χ2n) is 4.08. The molecule has 1 N–H and O–H groups in total. The highest BCUT2D eigenvalue weighted by molar-refractivity contribution is 6.17. The second-order valence-corrected chi connectivity index (χ2v) is 4.46. The second kappa shape index (κ2) is 10.3. The Labute approximate surface area is 98.8 Å². The molecule has 0 fully saturated rings. The number of carbonyl (C=O) groups is 1. The summed E-state index contributed by atoms with van der Waals surface area (Å²) in [6, 6.07) is 0. The van der Waals surface area contributed by atoms with E-state index in [4.69, 9.17) is 11.6 Å². The lowest BCUT2D eigenvalue weighted by atomic mass is 10.1. The Kier molecular flexibility index (Phi) is 10.1. The molecule has 0 aromatic heterocycles. The number of unbranched alkanes of at least 4 members (excludes halogenated alkanes) is 3. The Morgan fingerprint density at radius 2 is 1.93 bits per heavy atom. The van der Waals surface area contributed by atoms with Crippen LogP contribution >= 0.6 is 11.6 Å². The SMILES string of the molecule is CCCC(C)C(=O)NCCCCCCCl. The number of nitrogens with one attached hydrogen (secondary N) is 1. The summed E-state index contributed by atoms with van der Waals surface area (Å²) < 4.78 is 0. The summed E-state index contributed by atoms with van der Waals surface area (Å²) in [7, 11) is 0. The van der Waals surface area contributed by atoms with E-state index in [0.717, 1.165) is 44.5 Å². The van der Waals surface area contributed by atoms with Crippen molar-refractivity contribution in [2.75, 3.05) is 12.4 Å². The smallest absolute Gasteiger partial charge is 0.222 e. The highest BCUT2D eigenvalue weighted by Gasteiger charge is 2.09. The first-order valence-corrected chi connectivity index (χ1v) is 6.59. The van der Waals surface area contributed by atoms with Gasteiger partial charge in [-0.15, -0.1) is 11.6 Å². The van der Waals surface area contributed by atoms with E-state index in [1.165, 1.54) is 6.42 Å². The van der Waals surface area contributed by atoms with Crippen LogP contribution in [0.5, 0.6) is 0 Å². The lowest BCUT2D eigenvalue weighted by molar-refractivity contribution is -0.124. The van der Waals surface area contributed by atoms with E-state index in [-0.39, 0.29) is 11.8 Å². The molecule has 0 aliphatic heterocycles. The van der Waals surface area contributed by atoms with Crippen molar-refractivity contribution in [1.82, 2.24) is 5.32 Å². The maximum atomic E-state index is 11.5. The number of halogens is 1. The van der Waals surface area contributed by atoms with Gasteiger partial charge in [0.15, 0.2) is 0 Å². The summed E-state index contributed by atoms with van der Waals surface area (Å²) in [6.45, 7) is 4.91. The third-order valence-corrected chi connectivity index (χ3v) is 2.80. The van der Waals surface area contributed by atoms with Crippen LogP contribution in [0, 0.1) is 5.92 Å². The third kappa shape index (κ3) is 8.73. The van der Waals surface area contributed by atoms with Crippen LogP contribution in [0.25, 0.3) is 0 Å². The van der Waals surface area contributed by atoms with Crippen LogP contribution in [0.2, 0.25) is 0 Å². The molecule has 0 bridgehead atoms. The van der Waals surface area contributed by atoms with Gasteiger partial charge >= 0.3 is 0 Å². The Morgan fingerprint density at radius 3 is 2.53 bits per heavy atom. The predicted octanol–water partition coefficient (Wildman–Crippen LogP) is 3.34. The van der Waals surface area contributed by atoms with Crippen molar-refractivity contribution < 1.29 is 4.79 Å². The van der Waals surface area contributed by atoms with Crippen molar-refractivity contribution in [3.8, 4) is 0 Å². The molecule has 1 atom stereocenters. The summed E-state index contributed by atoms with van der Waals surface area (Å²) >= 11 is 5.57. The lowest BCUT2D eigenvalue weighted by Crippen LogP contribution is -2.29. The van der Waals surface area contributed by atoms with Gasteiger partial charge in [-0.05, 0) is 19.3 Å². The predicted molar refractivity (Wildman–Crippen MR) is 66.3 cm³/mol. The largest absolute Gasteiger partial charge is 0.356 e. The molecule has 15 heavy (non-hydrogen) atoms. The summed E-state index contributed by atoms with van der Waals surface area (Å²) in [5.41, 5.74) is 0. The van der Waals surface area contributed by atoms with E-state index in [1.807, 2.05) is 6.92 Å². The fourth-order valence-electron chi connectivity index (χ4n) is 1.52. The van der Waals surface area contributed by atoms with Crippen molar-refractivity contribution in [3.63, 3.8) is 0 Å². The van der Waals surface area contributed by atoms with Crippen LogP contribution in [0.3, 0.4) is 0 Å². The molecule has 0 saturated heterocycles. The van der Waals surface area contributed by atoms with Crippen LogP contribution in [-0.4, -0.2) is 18.3 Å². The normalized spacial score (nSPS) is 12.5. The number of alkyl halides is 1. The molecule has 0 rings (SSSR count). The van der Waals surface area contributed by atoms with Crippen molar-refractivity contribution in [3.05, 3.63) is 0 Å². The first-order chi connectivity index (χ1) is 7.22. The van der Waals surface area contributed by atoms with Crippen molar-refractivity contribution in [2.45, 2.75) is 52.4 Å². The van der Waals surface area contributed by atoms with E-state index >= 15 is 0 Å². The molecule has 0 aromatic carbocycles. The minimum absolute atomic E-state index is 0.165. The van der Waals surface area contributed by atoms with Gasteiger partial charge in [-0.25, -0.2) is 0 Å². The van der Waals surface area contributed by atoms with Gasteiger partial charge in [0.05, 0.1) is 0 Å². The standard InChI is InChI=1S/C12H24ClNO/c1-3-8-11(2)12(15)14-10-7-5-4-6-9-13/h11H,3-10H2,1-2H3,(H,14,15). The van der Waals surface area contributed by atoms with Crippen LogP contribution in [0.1, 0.15) is 52.4 Å². The maximum absolute atomic E-state index is 11.5. The van der Waals surface area contributed by atoms with Crippen LogP contribution in [-0.2, 0) is 4.79 Å². The zero-order chi connectivity index (χ0) is 11.5. The molecule has 0 aromatic rings. The number of hydrogen-bond donors (Lipinski definition) is 1. The average molecular weight is 234 g/mol. The van der Waals surface area contributed by atoms with Gasteiger partial charge in [-0.2, -0.15) is 0 Å². The van der Waals surface area contributed by atoms with Crippen LogP contribution in [0.4, 0.5) is 0 Å². The molecule has 0 saturated carbocycles. The van der Waals surface area contributed by atoms with Gasteiger partial charge < -0.3 is 5.32 Å². The number of carbonyl (C=O) groups excluding carboxylic acids is 1. The summed E-state index contributed by atoms with van der Waals surface area (Å²) in [5.74, 6) is 1.12. The highest BCUT2D eigenvalue weighted by Crippen LogP contribution is 2.05. The zero-order valence-corrected chi connectivity index (χ0v) is 10.8. The van der Waals surface area contributed by atoms with Crippen molar-refractivity contribution in [1.29, 1.82) is 0 Å². The first-order valence-electron chi connectivity index (χ1n) is 6.06. The Hall–Kier alpha value is -0.240. The molecule has 3 heteroatoms. The number of rotatable bonds is 9. The fraction of sp³-hybridized carbons (Fsp3) is 0.917. The Balaban J connectivity index is 3.30. The van der Waals surface area contributed by atoms with Gasteiger partial charge in [-0.3, -0.25) is 4.79 Å². The van der Waals surface area contributed by atoms with E-state index in [9.17, 15) is 4.79 Å².